The van der Waals surface area contributed by atoms with Crippen LogP contribution in [0.25, 0.3) is 21.9 Å². The Balaban J connectivity index is 1.32. The van der Waals surface area contributed by atoms with Crippen LogP contribution < -0.4 is 13.8 Å². The highest BCUT2D eigenvalue weighted by Gasteiger charge is 2.36. The first-order valence-corrected chi connectivity index (χ1v) is 16.7. The van der Waals surface area contributed by atoms with Crippen LogP contribution in [0.2, 0.25) is 0 Å². The molecule has 4 aromatic rings. The van der Waals surface area contributed by atoms with Gasteiger partial charge in [-0.3, -0.25) is 14.2 Å². The minimum absolute atomic E-state index is 0.191. The van der Waals surface area contributed by atoms with Gasteiger partial charge in [0.25, 0.3) is 0 Å². The normalized spacial score (nSPS) is 22.3. The number of esters is 1. The Morgan fingerprint density at radius 2 is 1.82 bits per heavy atom. The fourth-order valence-corrected chi connectivity index (χ4v) is 7.84. The number of aromatic nitrogens is 3. The van der Waals surface area contributed by atoms with Crippen LogP contribution in [0.15, 0.2) is 42.6 Å². The molecular weight excluding hydrogens is 588 g/mol. The number of hydrogen-bond donors (Lipinski definition) is 2. The van der Waals surface area contributed by atoms with Crippen molar-refractivity contribution in [2.24, 2.45) is 17.8 Å². The highest BCUT2D eigenvalue weighted by atomic mass is 32.2. The van der Waals surface area contributed by atoms with E-state index in [4.69, 9.17) is 15.5 Å². The molecule has 11 heteroatoms. The maximum Gasteiger partial charge on any atom is 0.331 e. The lowest BCUT2D eigenvalue weighted by Crippen LogP contribution is -2.37. The van der Waals surface area contributed by atoms with E-state index >= 15 is 0 Å². The molecule has 1 saturated heterocycles. The van der Waals surface area contributed by atoms with Crippen LogP contribution in [0.4, 0.5) is 17.1 Å². The van der Waals surface area contributed by atoms with Crippen molar-refractivity contribution in [2.75, 3.05) is 22.7 Å². The lowest BCUT2D eigenvalue weighted by atomic mass is 9.75. The molecule has 2 aliphatic rings. The van der Waals surface area contributed by atoms with E-state index in [1.807, 2.05) is 50.2 Å². The number of ether oxygens (including phenoxy) is 1. The van der Waals surface area contributed by atoms with Crippen molar-refractivity contribution in [3.8, 4) is 17.1 Å². The summed E-state index contributed by atoms with van der Waals surface area (Å²) in [5.74, 6) is 1.62. The summed E-state index contributed by atoms with van der Waals surface area (Å²) >= 11 is -1.86. The molecule has 2 aromatic heterocycles. The number of benzene rings is 2. The van der Waals surface area contributed by atoms with E-state index in [1.54, 1.807) is 10.6 Å². The summed E-state index contributed by atoms with van der Waals surface area (Å²) in [5.41, 5.74) is 5.08. The first-order chi connectivity index (χ1) is 21.6. The molecule has 0 radical (unpaired) electrons. The molecule has 3 unspecified atom stereocenters. The van der Waals surface area contributed by atoms with Gasteiger partial charge in [-0.15, -0.1) is 0 Å². The van der Waals surface area contributed by atoms with Crippen LogP contribution >= 0.6 is 0 Å². The van der Waals surface area contributed by atoms with Crippen molar-refractivity contribution in [1.82, 2.24) is 14.6 Å². The number of carbonyl (C=O) groups is 1. The average Bonchev–Trinajstić information content (AvgIpc) is 3.74. The number of aryl methyl sites for hydroxylation is 2. The van der Waals surface area contributed by atoms with Crippen molar-refractivity contribution in [2.45, 2.75) is 66.4 Å². The summed E-state index contributed by atoms with van der Waals surface area (Å²) in [6.07, 6.45) is 5.59. The van der Waals surface area contributed by atoms with E-state index in [9.17, 15) is 9.00 Å². The maximum absolute atomic E-state index is 13.6. The van der Waals surface area contributed by atoms with Gasteiger partial charge in [0.1, 0.15) is 23.1 Å². The zero-order valence-electron chi connectivity index (χ0n) is 26.4. The van der Waals surface area contributed by atoms with Gasteiger partial charge in [-0.25, -0.2) is 9.64 Å². The number of rotatable bonds is 8. The second-order valence-corrected chi connectivity index (χ2v) is 13.6. The summed E-state index contributed by atoms with van der Waals surface area (Å²) in [4.78, 5) is 19.5. The molecule has 6 rings (SSSR count). The van der Waals surface area contributed by atoms with Crippen molar-refractivity contribution in [3.05, 3.63) is 70.7 Å². The summed E-state index contributed by atoms with van der Waals surface area (Å²) in [5, 5.41) is 7.53. The quantitative estimate of drug-likeness (QED) is 0.156. The molecule has 0 amide bonds. The Labute approximate surface area is 266 Å². The maximum atomic E-state index is 13.6. The Bertz CT molecular complexity index is 1790. The number of hydrogen-bond acceptors (Lipinski definition) is 6. The number of nitrogens with zero attached hydrogens (tertiary/aromatic N) is 4. The van der Waals surface area contributed by atoms with Crippen LogP contribution in [0.1, 0.15) is 67.9 Å². The molecule has 0 spiro atoms. The van der Waals surface area contributed by atoms with Gasteiger partial charge in [-0.1, -0.05) is 38.5 Å². The Morgan fingerprint density at radius 1 is 1.09 bits per heavy atom. The zero-order valence-corrected chi connectivity index (χ0v) is 27.2. The van der Waals surface area contributed by atoms with Gasteiger partial charge in [-0.2, -0.15) is 9.31 Å². The largest absolute Gasteiger partial charge is 0.459 e. The number of aromatic amines is 1. The predicted octanol–water partition coefficient (Wildman–Crippen LogP) is 7.39. The van der Waals surface area contributed by atoms with Gasteiger partial charge < -0.3 is 13.8 Å². The van der Waals surface area contributed by atoms with E-state index in [0.717, 1.165) is 55.6 Å². The Kier molecular flexibility index (Phi) is 8.60. The Hall–Kier alpha value is -4.30. The predicted molar refractivity (Wildman–Crippen MR) is 177 cm³/mol. The lowest BCUT2D eigenvalue weighted by Gasteiger charge is -2.37. The van der Waals surface area contributed by atoms with E-state index in [1.165, 1.54) is 0 Å². The number of fused-ring (bicyclic) bond motifs is 1. The molecule has 45 heavy (non-hydrogen) atoms. The molecule has 2 fully saturated rings. The highest BCUT2D eigenvalue weighted by molar-refractivity contribution is 7.82. The summed E-state index contributed by atoms with van der Waals surface area (Å²) < 4.78 is 29.9. The molecule has 3 heterocycles. The topological polar surface area (TPSA) is 105 Å². The minimum atomic E-state index is -1.86. The second-order valence-electron chi connectivity index (χ2n) is 12.8. The summed E-state index contributed by atoms with van der Waals surface area (Å²) in [7, 11) is 0. The first kappa shape index (κ1) is 30.7. The third-order valence-corrected chi connectivity index (χ3v) is 9.83. The standard InChI is InChI=1S/C34H40N6O4S/c1-20-9-12-29(22(3)15-20)44-45(42)38-26-18-25(10-11-28(26)39-13-7-8-14-39)32-36-37-33-30(27(35-6)19-40(32)33)34(41)43-31-23(4)16-21(2)17-24(31)5/h9-12,15,18-19,21,23-24,31,37-38H,7-8,13-14,16-17H2,1-5H3. The number of carbonyl (C=O) groups excluding carboxylic acids is 1. The van der Waals surface area contributed by atoms with E-state index in [0.29, 0.717) is 34.4 Å². The molecule has 2 aromatic carbocycles. The highest BCUT2D eigenvalue weighted by Crippen LogP contribution is 2.38. The summed E-state index contributed by atoms with van der Waals surface area (Å²) in [6.45, 7) is 20.0. The van der Waals surface area contributed by atoms with Crippen molar-refractivity contribution >= 4 is 39.9 Å². The molecule has 10 nitrogen and oxygen atoms in total. The van der Waals surface area contributed by atoms with E-state index in [-0.39, 0.29) is 29.2 Å². The third kappa shape index (κ3) is 6.16. The third-order valence-electron chi connectivity index (χ3n) is 9.11. The number of H-pyrrole nitrogens is 1. The van der Waals surface area contributed by atoms with Crippen LogP contribution in [-0.2, 0) is 16.0 Å². The zero-order chi connectivity index (χ0) is 31.8. The fourth-order valence-electron chi connectivity index (χ4n) is 7.10. The van der Waals surface area contributed by atoms with Crippen LogP contribution in [0.5, 0.6) is 5.75 Å². The van der Waals surface area contributed by atoms with Crippen molar-refractivity contribution < 1.29 is 17.9 Å². The molecule has 1 saturated carbocycles. The van der Waals surface area contributed by atoms with Gasteiger partial charge in [0.05, 0.1) is 17.9 Å². The van der Waals surface area contributed by atoms with Gasteiger partial charge in [0.15, 0.2) is 5.82 Å². The van der Waals surface area contributed by atoms with Gasteiger partial charge >= 0.3 is 17.2 Å². The smallest absolute Gasteiger partial charge is 0.331 e. The minimum Gasteiger partial charge on any atom is -0.459 e. The van der Waals surface area contributed by atoms with Crippen LogP contribution in [-0.4, -0.2) is 44.0 Å². The van der Waals surface area contributed by atoms with Crippen molar-refractivity contribution in [1.29, 1.82) is 0 Å². The van der Waals surface area contributed by atoms with E-state index in [2.05, 4.69) is 45.4 Å². The average molecular weight is 629 g/mol. The molecular formula is C34H40N6O4S. The monoisotopic (exact) mass is 628 g/mol. The van der Waals surface area contributed by atoms with Crippen LogP contribution in [0.3, 0.4) is 0 Å². The van der Waals surface area contributed by atoms with Crippen LogP contribution in [0, 0.1) is 38.2 Å². The SMILES string of the molecule is [C-]#[N+]c1cn2c(-c3ccc(N4CCCC4)c(NS(=O)Oc4ccc(C)cc4C)c3)n[nH]c2c1C(=O)OC1C(C)CC(C)CC1C. The number of nitrogens with one attached hydrogen (secondary N) is 2. The van der Waals surface area contributed by atoms with E-state index < -0.39 is 17.2 Å². The Morgan fingerprint density at radius 3 is 2.51 bits per heavy atom. The molecule has 2 N–H and O–H groups in total. The number of anilines is 2. The van der Waals surface area contributed by atoms with Gasteiger partial charge in [0.2, 0.25) is 5.69 Å². The second kappa shape index (κ2) is 12.6. The molecule has 0 bridgehead atoms. The fraction of sp³-hybridized carbons (Fsp3) is 0.441. The molecule has 236 valence electrons. The lowest BCUT2D eigenvalue weighted by molar-refractivity contribution is -0.0249. The molecule has 1 aliphatic heterocycles. The van der Waals surface area contributed by atoms with Gasteiger partial charge in [-0.05, 0) is 87.1 Å². The first-order valence-electron chi connectivity index (χ1n) is 15.6. The molecule has 3 atom stereocenters. The van der Waals surface area contributed by atoms with Gasteiger partial charge in [0, 0.05) is 24.8 Å². The molecule has 1 aliphatic carbocycles. The van der Waals surface area contributed by atoms with Crippen molar-refractivity contribution in [3.63, 3.8) is 0 Å². The summed E-state index contributed by atoms with van der Waals surface area (Å²) in [6, 6.07) is 11.6.